The fraction of sp³-hybridized carbons (Fsp3) is 0.833. The molecule has 0 aromatic carbocycles. The zero-order chi connectivity index (χ0) is 13.2. The van der Waals surface area contributed by atoms with Crippen LogP contribution in [0, 0.1) is 11.8 Å². The first-order valence-electron chi connectivity index (χ1n) is 5.96. The summed E-state index contributed by atoms with van der Waals surface area (Å²) < 4.78 is 5.62. The summed E-state index contributed by atoms with van der Waals surface area (Å²) in [5, 5.41) is 8.59. The number of nitrogens with zero attached hydrogens (tertiary/aromatic N) is 1. The van der Waals surface area contributed by atoms with E-state index in [1.807, 2.05) is 20.8 Å². The van der Waals surface area contributed by atoms with Crippen LogP contribution in [0.4, 0.5) is 0 Å². The highest BCUT2D eigenvalue weighted by Crippen LogP contribution is 2.33. The van der Waals surface area contributed by atoms with E-state index >= 15 is 0 Å². The van der Waals surface area contributed by atoms with Crippen molar-refractivity contribution in [3.63, 3.8) is 0 Å². The van der Waals surface area contributed by atoms with Gasteiger partial charge >= 0.3 is 5.97 Å². The zero-order valence-electron chi connectivity index (χ0n) is 10.8. The number of carboxylic acid groups (broad SMARTS) is 1. The van der Waals surface area contributed by atoms with Crippen LogP contribution >= 0.6 is 0 Å². The molecule has 98 valence electrons. The van der Waals surface area contributed by atoms with Gasteiger partial charge in [-0.25, -0.2) is 0 Å². The second kappa shape index (κ2) is 5.49. The number of rotatable bonds is 4. The number of carbonyl (C=O) groups excluding carboxylic acids is 1. The third-order valence-electron chi connectivity index (χ3n) is 3.56. The topological polar surface area (TPSA) is 66.8 Å². The van der Waals surface area contributed by atoms with E-state index < -0.39 is 5.97 Å². The minimum absolute atomic E-state index is 0.0180. The second-order valence-electron chi connectivity index (χ2n) is 4.83. The molecule has 0 saturated carbocycles. The predicted octanol–water partition coefficient (Wildman–Crippen LogP) is 0.979. The quantitative estimate of drug-likeness (QED) is 0.799. The highest BCUT2D eigenvalue weighted by Gasteiger charge is 2.42. The van der Waals surface area contributed by atoms with Crippen molar-refractivity contribution < 1.29 is 19.4 Å². The smallest absolute Gasteiger partial charge is 0.305 e. The van der Waals surface area contributed by atoms with Crippen molar-refractivity contribution in [2.24, 2.45) is 11.8 Å². The third kappa shape index (κ3) is 3.19. The molecule has 4 atom stereocenters. The minimum Gasteiger partial charge on any atom is -0.481 e. The fourth-order valence-electron chi connectivity index (χ4n) is 2.32. The summed E-state index contributed by atoms with van der Waals surface area (Å²) >= 11 is 0. The molecule has 1 heterocycles. The Hall–Kier alpha value is -1.10. The Morgan fingerprint density at radius 1 is 1.24 bits per heavy atom. The summed E-state index contributed by atoms with van der Waals surface area (Å²) in [7, 11) is 1.65. The van der Waals surface area contributed by atoms with Gasteiger partial charge in [0.05, 0.1) is 24.5 Å². The first-order chi connectivity index (χ1) is 7.84. The second-order valence-corrected chi connectivity index (χ2v) is 4.83. The molecule has 5 heteroatoms. The molecule has 1 aliphatic rings. The molecule has 0 aromatic rings. The summed E-state index contributed by atoms with van der Waals surface area (Å²) in [4.78, 5) is 24.1. The average molecular weight is 243 g/mol. The number of carbonyl (C=O) groups is 2. The van der Waals surface area contributed by atoms with Crippen molar-refractivity contribution >= 4 is 11.9 Å². The molecule has 1 saturated heterocycles. The van der Waals surface area contributed by atoms with E-state index in [0.717, 1.165) is 0 Å². The molecule has 0 bridgehead atoms. The molecule has 5 nitrogen and oxygen atoms in total. The van der Waals surface area contributed by atoms with Crippen LogP contribution in [0.1, 0.15) is 27.2 Å². The summed E-state index contributed by atoms with van der Waals surface area (Å²) in [6, 6.07) is 0. The molecule has 0 aromatic heterocycles. The molecule has 1 rings (SSSR count). The van der Waals surface area contributed by atoms with Gasteiger partial charge in [0.2, 0.25) is 5.91 Å². The van der Waals surface area contributed by atoms with Gasteiger partial charge in [0.25, 0.3) is 0 Å². The maximum Gasteiger partial charge on any atom is 0.305 e. The maximum atomic E-state index is 12.2. The van der Waals surface area contributed by atoms with E-state index in [9.17, 15) is 9.59 Å². The van der Waals surface area contributed by atoms with Gasteiger partial charge in [0, 0.05) is 13.6 Å². The SMILES string of the molecule is CC1OC(C)C(C(=O)N(C)CCC(=O)O)C1C. The van der Waals surface area contributed by atoms with E-state index in [1.54, 1.807) is 7.05 Å². The molecule has 0 radical (unpaired) electrons. The van der Waals surface area contributed by atoms with Crippen LogP contribution in [0.15, 0.2) is 0 Å². The average Bonchev–Trinajstić information content (AvgIpc) is 2.49. The fourth-order valence-corrected chi connectivity index (χ4v) is 2.32. The molecule has 17 heavy (non-hydrogen) atoms. The summed E-state index contributed by atoms with van der Waals surface area (Å²) in [6.45, 7) is 6.11. The van der Waals surface area contributed by atoms with Crippen molar-refractivity contribution in [2.75, 3.05) is 13.6 Å². The van der Waals surface area contributed by atoms with E-state index in [1.165, 1.54) is 4.90 Å². The lowest BCUT2D eigenvalue weighted by Gasteiger charge is -2.24. The van der Waals surface area contributed by atoms with Crippen molar-refractivity contribution in [1.29, 1.82) is 0 Å². The molecule has 1 N–H and O–H groups in total. The number of aliphatic carboxylic acids is 1. The van der Waals surface area contributed by atoms with Crippen LogP contribution in [0.2, 0.25) is 0 Å². The van der Waals surface area contributed by atoms with Gasteiger partial charge < -0.3 is 14.7 Å². The summed E-state index contributed by atoms with van der Waals surface area (Å²) in [5.74, 6) is -0.897. The highest BCUT2D eigenvalue weighted by atomic mass is 16.5. The van der Waals surface area contributed by atoms with Gasteiger partial charge in [-0.2, -0.15) is 0 Å². The van der Waals surface area contributed by atoms with E-state index in [-0.39, 0.29) is 42.9 Å². The van der Waals surface area contributed by atoms with Crippen molar-refractivity contribution in [3.05, 3.63) is 0 Å². The van der Waals surface area contributed by atoms with Crippen LogP contribution in [0.25, 0.3) is 0 Å². The highest BCUT2D eigenvalue weighted by molar-refractivity contribution is 5.80. The van der Waals surface area contributed by atoms with Gasteiger partial charge in [0.1, 0.15) is 0 Å². The van der Waals surface area contributed by atoms with Crippen molar-refractivity contribution in [1.82, 2.24) is 4.90 Å². The molecule has 4 unspecified atom stereocenters. The number of carboxylic acids is 1. The Labute approximate surface area is 102 Å². The van der Waals surface area contributed by atoms with Gasteiger partial charge in [-0.15, -0.1) is 0 Å². The Kier molecular flexibility index (Phi) is 4.51. The van der Waals surface area contributed by atoms with Crippen molar-refractivity contribution in [2.45, 2.75) is 39.4 Å². The van der Waals surface area contributed by atoms with Gasteiger partial charge in [-0.1, -0.05) is 6.92 Å². The Morgan fingerprint density at radius 2 is 1.82 bits per heavy atom. The molecule has 1 amide bonds. The number of hydrogen-bond acceptors (Lipinski definition) is 3. The van der Waals surface area contributed by atoms with Gasteiger partial charge in [-0.05, 0) is 19.8 Å². The molecular weight excluding hydrogens is 222 g/mol. The van der Waals surface area contributed by atoms with Crippen LogP contribution in [0.3, 0.4) is 0 Å². The minimum atomic E-state index is -0.887. The predicted molar refractivity (Wildman–Crippen MR) is 62.6 cm³/mol. The monoisotopic (exact) mass is 243 g/mol. The van der Waals surface area contributed by atoms with E-state index in [4.69, 9.17) is 9.84 Å². The maximum absolute atomic E-state index is 12.2. The molecule has 0 spiro atoms. The molecule has 0 aliphatic carbocycles. The Morgan fingerprint density at radius 3 is 2.24 bits per heavy atom. The van der Waals surface area contributed by atoms with Gasteiger partial charge in [0.15, 0.2) is 0 Å². The van der Waals surface area contributed by atoms with Crippen LogP contribution in [0.5, 0.6) is 0 Å². The molecule has 1 aliphatic heterocycles. The van der Waals surface area contributed by atoms with Crippen molar-refractivity contribution in [3.8, 4) is 0 Å². The first kappa shape index (κ1) is 14.0. The van der Waals surface area contributed by atoms with Crippen LogP contribution in [-0.2, 0) is 14.3 Å². The normalized spacial score (nSPS) is 32.5. The van der Waals surface area contributed by atoms with Gasteiger partial charge in [-0.3, -0.25) is 9.59 Å². The lowest BCUT2D eigenvalue weighted by molar-refractivity contribution is -0.139. The number of amides is 1. The van der Waals surface area contributed by atoms with E-state index in [2.05, 4.69) is 0 Å². The zero-order valence-corrected chi connectivity index (χ0v) is 10.8. The lowest BCUT2D eigenvalue weighted by Crippen LogP contribution is -2.39. The van der Waals surface area contributed by atoms with Crippen LogP contribution < -0.4 is 0 Å². The van der Waals surface area contributed by atoms with Crippen LogP contribution in [-0.4, -0.2) is 47.7 Å². The summed E-state index contributed by atoms with van der Waals surface area (Å²) in [5.41, 5.74) is 0. The Balaban J connectivity index is 2.59. The number of hydrogen-bond donors (Lipinski definition) is 1. The lowest BCUT2D eigenvalue weighted by atomic mass is 9.88. The van der Waals surface area contributed by atoms with E-state index in [0.29, 0.717) is 0 Å². The Bertz CT molecular complexity index is 305. The molecular formula is C12H21NO4. The largest absolute Gasteiger partial charge is 0.481 e. The first-order valence-corrected chi connectivity index (χ1v) is 5.96. The number of ether oxygens (including phenoxy) is 1. The summed E-state index contributed by atoms with van der Waals surface area (Å²) in [6.07, 6.45) is -0.0414. The standard InChI is InChI=1S/C12H21NO4/c1-7-8(2)17-9(3)11(7)12(16)13(4)6-5-10(14)15/h7-9,11H,5-6H2,1-4H3,(H,14,15). The third-order valence-corrected chi connectivity index (χ3v) is 3.56. The molecule has 1 fully saturated rings.